The quantitative estimate of drug-likeness (QED) is 0.797. The third-order valence-corrected chi connectivity index (χ3v) is 3.34. The van der Waals surface area contributed by atoms with Crippen LogP contribution in [0.15, 0.2) is 0 Å². The van der Waals surface area contributed by atoms with E-state index in [4.69, 9.17) is 8.92 Å². The van der Waals surface area contributed by atoms with E-state index >= 15 is 0 Å². The maximum Gasteiger partial charge on any atom is 0.407 e. The molecule has 1 saturated carbocycles. The molecule has 0 spiro atoms. The van der Waals surface area contributed by atoms with Crippen LogP contribution in [0.4, 0.5) is 4.79 Å². The van der Waals surface area contributed by atoms with Crippen LogP contribution >= 0.6 is 0 Å². The lowest BCUT2D eigenvalue weighted by molar-refractivity contribution is 0.0503. The van der Waals surface area contributed by atoms with Crippen molar-refractivity contribution in [1.82, 2.24) is 5.32 Å². The second-order valence-corrected chi connectivity index (χ2v) is 7.65. The van der Waals surface area contributed by atoms with Crippen LogP contribution in [-0.4, -0.2) is 39.0 Å². The first-order chi connectivity index (χ1) is 8.55. The highest BCUT2D eigenvalue weighted by Gasteiger charge is 2.28. The molecule has 0 radical (unpaired) electrons. The average Bonchev–Trinajstić information content (AvgIpc) is 2.58. The SMILES string of the molecule is CC(C)(C)OC(=O)N[C@@H]1CC[C@H](COS(C)(=O)=O)C1. The molecule has 1 aliphatic rings. The fraction of sp³-hybridized carbons (Fsp3) is 0.917. The van der Waals surface area contributed by atoms with Crippen LogP contribution in [0.1, 0.15) is 40.0 Å². The summed E-state index contributed by atoms with van der Waals surface area (Å²) in [5, 5.41) is 2.80. The summed E-state index contributed by atoms with van der Waals surface area (Å²) in [6.45, 7) is 5.61. The first-order valence-corrected chi connectivity index (χ1v) is 8.21. The second-order valence-electron chi connectivity index (χ2n) is 6.01. The van der Waals surface area contributed by atoms with Crippen LogP contribution in [0.25, 0.3) is 0 Å². The highest BCUT2D eigenvalue weighted by atomic mass is 32.2. The van der Waals surface area contributed by atoms with Crippen molar-refractivity contribution < 1.29 is 22.1 Å². The van der Waals surface area contributed by atoms with Crippen molar-refractivity contribution in [2.45, 2.75) is 51.7 Å². The molecular weight excluding hydrogens is 270 g/mol. The van der Waals surface area contributed by atoms with Gasteiger partial charge in [-0.3, -0.25) is 4.18 Å². The third kappa shape index (κ3) is 7.37. The molecule has 0 aromatic carbocycles. The zero-order valence-corrected chi connectivity index (χ0v) is 12.7. The summed E-state index contributed by atoms with van der Waals surface area (Å²) in [5.41, 5.74) is -0.512. The van der Waals surface area contributed by atoms with Crippen LogP contribution in [0.3, 0.4) is 0 Å². The van der Waals surface area contributed by atoms with Crippen molar-refractivity contribution >= 4 is 16.2 Å². The summed E-state index contributed by atoms with van der Waals surface area (Å²) in [6.07, 6.45) is 2.99. The summed E-state index contributed by atoms with van der Waals surface area (Å²) in [4.78, 5) is 11.6. The van der Waals surface area contributed by atoms with Crippen LogP contribution in [0, 0.1) is 5.92 Å². The Labute approximate surface area is 115 Å². The zero-order valence-electron chi connectivity index (χ0n) is 11.9. The molecule has 0 aromatic rings. The van der Waals surface area contributed by atoms with Gasteiger partial charge in [0.1, 0.15) is 5.60 Å². The second kappa shape index (κ2) is 6.09. The highest BCUT2D eigenvalue weighted by molar-refractivity contribution is 7.85. The number of carbonyl (C=O) groups excluding carboxylic acids is 1. The Morgan fingerprint density at radius 2 is 1.95 bits per heavy atom. The van der Waals surface area contributed by atoms with Gasteiger partial charge in [-0.15, -0.1) is 0 Å². The van der Waals surface area contributed by atoms with Crippen molar-refractivity contribution in [1.29, 1.82) is 0 Å². The molecule has 19 heavy (non-hydrogen) atoms. The fourth-order valence-electron chi connectivity index (χ4n) is 2.05. The molecule has 0 bridgehead atoms. The van der Waals surface area contributed by atoms with E-state index in [0.717, 1.165) is 25.5 Å². The van der Waals surface area contributed by atoms with Crippen molar-refractivity contribution in [3.8, 4) is 0 Å². The smallest absolute Gasteiger partial charge is 0.407 e. The summed E-state index contributed by atoms with van der Waals surface area (Å²) in [5.74, 6) is 0.162. The molecule has 6 nitrogen and oxygen atoms in total. The van der Waals surface area contributed by atoms with Crippen molar-refractivity contribution in [2.24, 2.45) is 5.92 Å². The van der Waals surface area contributed by atoms with Crippen LogP contribution in [-0.2, 0) is 19.0 Å². The largest absolute Gasteiger partial charge is 0.444 e. The minimum Gasteiger partial charge on any atom is -0.444 e. The maximum atomic E-state index is 11.6. The molecule has 0 saturated heterocycles. The van der Waals surface area contributed by atoms with Crippen molar-refractivity contribution in [3.63, 3.8) is 0 Å². The molecule has 0 aliphatic heterocycles. The van der Waals surface area contributed by atoms with Gasteiger partial charge in [0.25, 0.3) is 10.1 Å². The summed E-state index contributed by atoms with van der Waals surface area (Å²) < 4.78 is 31.7. The molecule has 1 amide bonds. The predicted octanol–water partition coefficient (Wildman–Crippen LogP) is 1.66. The molecule has 0 heterocycles. The lowest BCUT2D eigenvalue weighted by Crippen LogP contribution is -2.38. The van der Waals surface area contributed by atoms with E-state index in [1.807, 2.05) is 20.8 Å². The van der Waals surface area contributed by atoms with Gasteiger partial charge in [0.15, 0.2) is 0 Å². The minimum absolute atomic E-state index is 0.0306. The Kier molecular flexibility index (Phi) is 5.20. The standard InChI is InChI=1S/C12H23NO5S/c1-12(2,3)18-11(14)13-10-6-5-9(7-10)8-17-19(4,15)16/h9-10H,5-8H2,1-4H3,(H,13,14)/t9-,10+/m0/s1. The molecule has 0 aromatic heterocycles. The Morgan fingerprint density at radius 1 is 1.32 bits per heavy atom. The highest BCUT2D eigenvalue weighted by Crippen LogP contribution is 2.26. The molecular formula is C12H23NO5S. The van der Waals surface area contributed by atoms with E-state index in [9.17, 15) is 13.2 Å². The van der Waals surface area contributed by atoms with Gasteiger partial charge < -0.3 is 10.1 Å². The molecule has 0 unspecified atom stereocenters. The molecule has 7 heteroatoms. The van der Waals surface area contributed by atoms with Gasteiger partial charge in [-0.2, -0.15) is 8.42 Å². The predicted molar refractivity (Wildman–Crippen MR) is 71.3 cm³/mol. The first-order valence-electron chi connectivity index (χ1n) is 6.39. The molecule has 1 N–H and O–H groups in total. The van der Waals surface area contributed by atoms with E-state index in [2.05, 4.69) is 5.32 Å². The van der Waals surface area contributed by atoms with Crippen LogP contribution in [0.5, 0.6) is 0 Å². The number of nitrogens with one attached hydrogen (secondary N) is 1. The van der Waals surface area contributed by atoms with Crippen molar-refractivity contribution in [3.05, 3.63) is 0 Å². The number of alkyl carbamates (subject to hydrolysis) is 1. The van der Waals surface area contributed by atoms with E-state index < -0.39 is 21.8 Å². The van der Waals surface area contributed by atoms with Gasteiger partial charge >= 0.3 is 6.09 Å². The Bertz CT molecular complexity index is 412. The number of rotatable bonds is 4. The maximum absolute atomic E-state index is 11.6. The molecule has 2 atom stereocenters. The van der Waals surface area contributed by atoms with Crippen LogP contribution in [0.2, 0.25) is 0 Å². The number of hydrogen-bond acceptors (Lipinski definition) is 5. The van der Waals surface area contributed by atoms with Gasteiger partial charge in [0.2, 0.25) is 0 Å². The number of carbonyl (C=O) groups is 1. The third-order valence-electron chi connectivity index (χ3n) is 2.78. The van der Waals surface area contributed by atoms with Crippen LogP contribution < -0.4 is 5.32 Å². The van der Waals surface area contributed by atoms with E-state index in [-0.39, 0.29) is 18.6 Å². The van der Waals surface area contributed by atoms with E-state index in [1.54, 1.807) is 0 Å². The normalized spacial score (nSPS) is 24.2. The zero-order chi connectivity index (χ0) is 14.7. The van der Waals surface area contributed by atoms with Gasteiger partial charge in [-0.1, -0.05) is 0 Å². The molecule has 112 valence electrons. The minimum atomic E-state index is -3.39. The molecule has 1 fully saturated rings. The topological polar surface area (TPSA) is 81.7 Å². The fourth-order valence-corrected chi connectivity index (χ4v) is 2.49. The first kappa shape index (κ1) is 16.2. The Hall–Kier alpha value is -0.820. The van der Waals surface area contributed by atoms with E-state index in [1.165, 1.54) is 0 Å². The summed E-state index contributed by atoms with van der Waals surface area (Å²) >= 11 is 0. The lowest BCUT2D eigenvalue weighted by Gasteiger charge is -2.21. The summed E-state index contributed by atoms with van der Waals surface area (Å²) in [6, 6.07) is 0.0306. The lowest BCUT2D eigenvalue weighted by atomic mass is 10.1. The Balaban J connectivity index is 2.30. The van der Waals surface area contributed by atoms with Gasteiger partial charge in [-0.25, -0.2) is 4.79 Å². The summed E-state index contributed by atoms with van der Waals surface area (Å²) in [7, 11) is -3.39. The van der Waals surface area contributed by atoms with Gasteiger partial charge in [0.05, 0.1) is 12.9 Å². The van der Waals surface area contributed by atoms with Gasteiger partial charge in [0, 0.05) is 6.04 Å². The average molecular weight is 293 g/mol. The molecule has 1 rings (SSSR count). The number of hydrogen-bond donors (Lipinski definition) is 1. The number of amides is 1. The number of ether oxygens (including phenoxy) is 1. The van der Waals surface area contributed by atoms with Crippen molar-refractivity contribution in [2.75, 3.05) is 12.9 Å². The monoisotopic (exact) mass is 293 g/mol. The Morgan fingerprint density at radius 3 is 2.47 bits per heavy atom. The van der Waals surface area contributed by atoms with E-state index in [0.29, 0.717) is 0 Å². The van der Waals surface area contributed by atoms with Gasteiger partial charge in [-0.05, 0) is 46.0 Å². The molecule has 1 aliphatic carbocycles.